The third-order valence-electron chi connectivity index (χ3n) is 3.38. The first-order valence-corrected chi connectivity index (χ1v) is 7.59. The predicted molar refractivity (Wildman–Crippen MR) is 72.0 cm³/mol. The SMILES string of the molecule is FC(F)(F)c1csc(NCc2nnc3n2CCCCC3)n1. The monoisotopic (exact) mass is 317 g/mol. The van der Waals surface area contributed by atoms with Crippen LogP contribution in [0.15, 0.2) is 5.38 Å². The lowest BCUT2D eigenvalue weighted by molar-refractivity contribution is -0.140. The first kappa shape index (κ1) is 14.3. The Balaban J connectivity index is 1.68. The first-order valence-electron chi connectivity index (χ1n) is 6.71. The summed E-state index contributed by atoms with van der Waals surface area (Å²) < 4.78 is 39.5. The first-order chi connectivity index (χ1) is 10.0. The molecule has 9 heteroatoms. The van der Waals surface area contributed by atoms with Gasteiger partial charge in [-0.1, -0.05) is 6.42 Å². The number of halogens is 3. The Kier molecular flexibility index (Phi) is 3.83. The fourth-order valence-electron chi connectivity index (χ4n) is 2.32. The molecule has 114 valence electrons. The van der Waals surface area contributed by atoms with E-state index in [-0.39, 0.29) is 5.13 Å². The highest BCUT2D eigenvalue weighted by Crippen LogP contribution is 2.31. The Bertz CT molecular complexity index is 619. The zero-order valence-electron chi connectivity index (χ0n) is 11.2. The van der Waals surface area contributed by atoms with Gasteiger partial charge in [-0.2, -0.15) is 13.2 Å². The van der Waals surface area contributed by atoms with Gasteiger partial charge < -0.3 is 9.88 Å². The van der Waals surface area contributed by atoms with Crippen molar-refractivity contribution in [3.05, 3.63) is 22.7 Å². The van der Waals surface area contributed by atoms with Gasteiger partial charge >= 0.3 is 6.18 Å². The largest absolute Gasteiger partial charge is 0.434 e. The van der Waals surface area contributed by atoms with Gasteiger partial charge in [0.25, 0.3) is 0 Å². The standard InChI is InChI=1S/C12H14F3N5S/c13-12(14,15)8-7-21-11(17-8)16-6-10-19-18-9-4-2-1-3-5-20(9)10/h7H,1-6H2,(H,16,17). The van der Waals surface area contributed by atoms with Gasteiger partial charge in [-0.3, -0.25) is 0 Å². The molecule has 0 aromatic carbocycles. The van der Waals surface area contributed by atoms with Crippen molar-refractivity contribution in [2.75, 3.05) is 5.32 Å². The predicted octanol–water partition coefficient (Wildman–Crippen LogP) is 3.09. The van der Waals surface area contributed by atoms with Gasteiger partial charge in [0.1, 0.15) is 5.82 Å². The summed E-state index contributed by atoms with van der Waals surface area (Å²) >= 11 is 0.940. The Hall–Kier alpha value is -1.64. The minimum absolute atomic E-state index is 0.244. The van der Waals surface area contributed by atoms with Crippen LogP contribution in [0.4, 0.5) is 18.3 Å². The van der Waals surface area contributed by atoms with E-state index in [2.05, 4.69) is 25.1 Å². The van der Waals surface area contributed by atoms with E-state index in [0.717, 1.165) is 60.6 Å². The molecule has 3 heterocycles. The van der Waals surface area contributed by atoms with Crippen LogP contribution in [-0.2, 0) is 25.7 Å². The van der Waals surface area contributed by atoms with E-state index in [0.29, 0.717) is 6.54 Å². The van der Waals surface area contributed by atoms with E-state index in [1.165, 1.54) is 0 Å². The van der Waals surface area contributed by atoms with Crippen molar-refractivity contribution in [2.45, 2.75) is 44.9 Å². The normalized spacial score (nSPS) is 15.6. The van der Waals surface area contributed by atoms with Gasteiger partial charge in [-0.05, 0) is 12.8 Å². The Morgan fingerprint density at radius 2 is 2.10 bits per heavy atom. The zero-order valence-corrected chi connectivity index (χ0v) is 12.0. The number of aryl methyl sites for hydroxylation is 1. The van der Waals surface area contributed by atoms with E-state index >= 15 is 0 Å². The molecule has 2 aromatic rings. The van der Waals surface area contributed by atoms with Crippen LogP contribution in [0.5, 0.6) is 0 Å². The van der Waals surface area contributed by atoms with Crippen LogP contribution in [0.3, 0.4) is 0 Å². The smallest absolute Gasteiger partial charge is 0.354 e. The van der Waals surface area contributed by atoms with Crippen LogP contribution >= 0.6 is 11.3 Å². The Morgan fingerprint density at radius 3 is 2.86 bits per heavy atom. The Labute approximate surface area is 123 Å². The van der Waals surface area contributed by atoms with Crippen molar-refractivity contribution < 1.29 is 13.2 Å². The van der Waals surface area contributed by atoms with Crippen LogP contribution in [0, 0.1) is 0 Å². The number of nitrogens with zero attached hydrogens (tertiary/aromatic N) is 4. The number of hydrogen-bond acceptors (Lipinski definition) is 5. The lowest BCUT2D eigenvalue weighted by Gasteiger charge is -2.07. The van der Waals surface area contributed by atoms with Crippen molar-refractivity contribution in [3.8, 4) is 0 Å². The topological polar surface area (TPSA) is 55.6 Å². The molecule has 0 saturated carbocycles. The van der Waals surface area contributed by atoms with Crippen molar-refractivity contribution in [2.24, 2.45) is 0 Å². The maximum atomic E-state index is 12.5. The molecule has 0 fully saturated rings. The second-order valence-corrected chi connectivity index (χ2v) is 5.74. The molecule has 0 spiro atoms. The van der Waals surface area contributed by atoms with Crippen LogP contribution in [0.1, 0.15) is 36.6 Å². The molecule has 0 saturated heterocycles. The second kappa shape index (κ2) is 5.63. The minimum Gasteiger partial charge on any atom is -0.354 e. The van der Waals surface area contributed by atoms with Gasteiger partial charge in [0.2, 0.25) is 0 Å². The molecule has 0 bridgehead atoms. The molecule has 0 aliphatic carbocycles. The molecule has 2 aromatic heterocycles. The number of thiazole rings is 1. The van der Waals surface area contributed by atoms with E-state index in [9.17, 15) is 13.2 Å². The summed E-state index contributed by atoms with van der Waals surface area (Å²) in [6.45, 7) is 1.20. The van der Waals surface area contributed by atoms with E-state index in [1.807, 2.05) is 0 Å². The van der Waals surface area contributed by atoms with Crippen LogP contribution in [0.2, 0.25) is 0 Å². The maximum absolute atomic E-state index is 12.5. The molecule has 1 aliphatic heterocycles. The average molecular weight is 317 g/mol. The zero-order chi connectivity index (χ0) is 14.9. The average Bonchev–Trinajstić information content (AvgIpc) is 2.98. The van der Waals surface area contributed by atoms with Crippen LogP contribution in [-0.4, -0.2) is 19.7 Å². The fourth-order valence-corrected chi connectivity index (χ4v) is 3.03. The van der Waals surface area contributed by atoms with Crippen LogP contribution < -0.4 is 5.32 Å². The highest BCUT2D eigenvalue weighted by Gasteiger charge is 2.33. The summed E-state index contributed by atoms with van der Waals surface area (Å²) in [6.07, 6.45) is -0.150. The van der Waals surface area contributed by atoms with Crippen molar-refractivity contribution in [1.29, 1.82) is 0 Å². The maximum Gasteiger partial charge on any atom is 0.434 e. The lowest BCUT2D eigenvalue weighted by atomic mass is 10.2. The summed E-state index contributed by atoms with van der Waals surface area (Å²) in [5.74, 6) is 1.70. The molecular weight excluding hydrogens is 303 g/mol. The Morgan fingerprint density at radius 1 is 1.24 bits per heavy atom. The number of fused-ring (bicyclic) bond motifs is 1. The van der Waals surface area contributed by atoms with Gasteiger partial charge in [0.15, 0.2) is 16.6 Å². The molecule has 21 heavy (non-hydrogen) atoms. The number of alkyl halides is 3. The van der Waals surface area contributed by atoms with E-state index in [4.69, 9.17) is 0 Å². The number of anilines is 1. The summed E-state index contributed by atoms with van der Waals surface area (Å²) in [5.41, 5.74) is -0.866. The molecule has 0 unspecified atom stereocenters. The number of aromatic nitrogens is 4. The second-order valence-electron chi connectivity index (χ2n) is 4.88. The summed E-state index contributed by atoms with van der Waals surface area (Å²) in [5, 5.41) is 12.4. The van der Waals surface area contributed by atoms with E-state index in [1.54, 1.807) is 0 Å². The number of rotatable bonds is 3. The fraction of sp³-hybridized carbons (Fsp3) is 0.583. The molecule has 0 radical (unpaired) electrons. The number of hydrogen-bond donors (Lipinski definition) is 1. The molecule has 5 nitrogen and oxygen atoms in total. The third-order valence-corrected chi connectivity index (χ3v) is 4.18. The molecule has 1 N–H and O–H groups in total. The van der Waals surface area contributed by atoms with Gasteiger partial charge in [-0.25, -0.2) is 4.98 Å². The number of nitrogens with one attached hydrogen (secondary N) is 1. The molecule has 3 rings (SSSR count). The van der Waals surface area contributed by atoms with Gasteiger partial charge in [-0.15, -0.1) is 21.5 Å². The molecular formula is C12H14F3N5S. The highest BCUT2D eigenvalue weighted by atomic mass is 32.1. The third kappa shape index (κ3) is 3.17. The van der Waals surface area contributed by atoms with E-state index < -0.39 is 11.9 Å². The van der Waals surface area contributed by atoms with Gasteiger partial charge in [0, 0.05) is 18.3 Å². The quantitative estimate of drug-likeness (QED) is 0.945. The summed E-state index contributed by atoms with van der Waals surface area (Å²) in [7, 11) is 0. The summed E-state index contributed by atoms with van der Waals surface area (Å²) in [6, 6.07) is 0. The van der Waals surface area contributed by atoms with Crippen molar-refractivity contribution >= 4 is 16.5 Å². The van der Waals surface area contributed by atoms with Crippen molar-refractivity contribution in [1.82, 2.24) is 19.7 Å². The molecule has 0 amide bonds. The van der Waals surface area contributed by atoms with Crippen molar-refractivity contribution in [3.63, 3.8) is 0 Å². The molecule has 0 atom stereocenters. The lowest BCUT2D eigenvalue weighted by Crippen LogP contribution is -2.11. The minimum atomic E-state index is -4.40. The van der Waals surface area contributed by atoms with Crippen LogP contribution in [0.25, 0.3) is 0 Å². The highest BCUT2D eigenvalue weighted by molar-refractivity contribution is 7.13. The van der Waals surface area contributed by atoms with Gasteiger partial charge in [0.05, 0.1) is 6.54 Å². The summed E-state index contributed by atoms with van der Waals surface area (Å²) in [4.78, 5) is 3.54. The molecule has 1 aliphatic rings.